The highest BCUT2D eigenvalue weighted by Crippen LogP contribution is 2.53. The summed E-state index contributed by atoms with van der Waals surface area (Å²) in [5, 5.41) is 13.9. The summed E-state index contributed by atoms with van der Waals surface area (Å²) < 4.78 is 33.4. The number of pyridine rings is 1. The van der Waals surface area contributed by atoms with Crippen LogP contribution < -0.4 is 9.64 Å². The van der Waals surface area contributed by atoms with E-state index in [2.05, 4.69) is 9.97 Å². The van der Waals surface area contributed by atoms with E-state index < -0.39 is 13.2 Å². The molecule has 0 saturated carbocycles. The van der Waals surface area contributed by atoms with E-state index >= 15 is 0 Å². The van der Waals surface area contributed by atoms with Crippen molar-refractivity contribution < 1.29 is 28.2 Å². The lowest BCUT2D eigenvalue weighted by molar-refractivity contribution is -0.134. The second-order valence-electron chi connectivity index (χ2n) is 10.7. The van der Waals surface area contributed by atoms with Crippen LogP contribution in [0.5, 0.6) is 5.75 Å². The predicted octanol–water partition coefficient (Wildman–Crippen LogP) is 2.70. The number of hydrogen-bond donors (Lipinski definition) is 1. The van der Waals surface area contributed by atoms with Crippen LogP contribution in [0.25, 0.3) is 16.6 Å². The Balaban J connectivity index is 1.23. The maximum atomic E-state index is 13.4. The zero-order valence-corrected chi connectivity index (χ0v) is 22.7. The number of fused-ring (bicyclic) bond motifs is 9. The van der Waals surface area contributed by atoms with Gasteiger partial charge in [-0.25, -0.2) is 14.5 Å². The van der Waals surface area contributed by atoms with E-state index in [1.165, 1.54) is 6.07 Å². The van der Waals surface area contributed by atoms with Crippen LogP contribution in [-0.2, 0) is 4.79 Å². The third-order valence-corrected chi connectivity index (χ3v) is 8.50. The van der Waals surface area contributed by atoms with Crippen molar-refractivity contribution in [1.29, 1.82) is 0 Å². The van der Waals surface area contributed by atoms with Crippen molar-refractivity contribution in [2.75, 3.05) is 44.7 Å². The van der Waals surface area contributed by atoms with Gasteiger partial charge in [0.2, 0.25) is 11.9 Å². The van der Waals surface area contributed by atoms with E-state index in [1.54, 1.807) is 45.9 Å². The lowest BCUT2D eigenvalue weighted by Crippen LogP contribution is -2.50. The van der Waals surface area contributed by atoms with Crippen molar-refractivity contribution in [2.45, 2.75) is 25.0 Å². The minimum Gasteiger partial charge on any atom is -0.434 e. The average Bonchev–Trinajstić information content (AvgIpc) is 3.53. The van der Waals surface area contributed by atoms with E-state index in [-0.39, 0.29) is 29.5 Å². The Morgan fingerprint density at radius 1 is 1.10 bits per heavy atom. The number of halogens is 2. The predicted molar refractivity (Wildman–Crippen MR) is 146 cm³/mol. The van der Waals surface area contributed by atoms with E-state index in [0.717, 1.165) is 27.9 Å². The molecule has 1 N–H and O–H groups in total. The fourth-order valence-corrected chi connectivity index (χ4v) is 6.43. The topological polar surface area (TPSA) is 116 Å². The molecular weight excluding hydrogens is 548 g/mol. The SMILES string of the molecule is CN1C(=O)c2cccc(OC(F)F)c2C2CC1c1nn3ccc(-c4cnc(N5CCN(C(=O)CO)CC5)nc4)cc3c12. The maximum Gasteiger partial charge on any atom is 0.387 e. The molecule has 2 amide bonds. The number of aromatic nitrogens is 4. The summed E-state index contributed by atoms with van der Waals surface area (Å²) in [5.41, 5.74) is 4.91. The largest absolute Gasteiger partial charge is 0.434 e. The van der Waals surface area contributed by atoms with E-state index in [4.69, 9.17) is 14.9 Å². The van der Waals surface area contributed by atoms with Crippen LogP contribution in [0.2, 0.25) is 0 Å². The molecule has 2 atom stereocenters. The van der Waals surface area contributed by atoms with Crippen LogP contribution in [0.3, 0.4) is 0 Å². The molecule has 0 spiro atoms. The highest BCUT2D eigenvalue weighted by atomic mass is 19.3. The van der Waals surface area contributed by atoms with Crippen LogP contribution >= 0.6 is 0 Å². The Bertz CT molecular complexity index is 1700. The van der Waals surface area contributed by atoms with Gasteiger partial charge in [0, 0.05) is 80.0 Å². The average molecular weight is 576 g/mol. The van der Waals surface area contributed by atoms with Crippen LogP contribution in [0.4, 0.5) is 14.7 Å². The normalized spacial score (nSPS) is 19.7. The summed E-state index contributed by atoms with van der Waals surface area (Å²) in [7, 11) is 1.72. The molecule has 1 saturated heterocycles. The van der Waals surface area contributed by atoms with Crippen LogP contribution in [0, 0.1) is 0 Å². The van der Waals surface area contributed by atoms with Crippen LogP contribution in [0.1, 0.15) is 45.6 Å². The molecule has 3 aliphatic rings. The molecule has 11 nitrogen and oxygen atoms in total. The third-order valence-electron chi connectivity index (χ3n) is 8.50. The molecule has 5 heterocycles. The molecule has 1 aromatic carbocycles. The van der Waals surface area contributed by atoms with Gasteiger partial charge in [0.05, 0.1) is 17.3 Å². The molecule has 13 heteroatoms. The number of nitrogens with zero attached hydrogens (tertiary/aromatic N) is 7. The molecule has 2 bridgehead atoms. The Morgan fingerprint density at radius 3 is 2.57 bits per heavy atom. The minimum atomic E-state index is -3.02. The van der Waals surface area contributed by atoms with Crippen molar-refractivity contribution in [3.8, 4) is 16.9 Å². The first-order chi connectivity index (χ1) is 20.3. The number of hydrogen-bond acceptors (Lipinski definition) is 8. The molecule has 216 valence electrons. The number of aliphatic hydroxyl groups is 1. The molecule has 2 unspecified atom stereocenters. The number of aliphatic hydroxyl groups excluding tert-OH is 1. The second-order valence-corrected chi connectivity index (χ2v) is 10.7. The van der Waals surface area contributed by atoms with Crippen LogP contribution in [-0.4, -0.2) is 92.7 Å². The molecule has 42 heavy (non-hydrogen) atoms. The van der Waals surface area contributed by atoms with Gasteiger partial charge in [0.1, 0.15) is 12.4 Å². The number of ether oxygens (including phenoxy) is 1. The number of piperazine rings is 1. The zero-order chi connectivity index (χ0) is 29.1. The molecule has 0 radical (unpaired) electrons. The standard InChI is InChI=1S/C29H27F2N7O4/c1-35-21-12-19(24-18(27(35)41)3-2-4-22(24)42-28(30)31)25-20-11-16(5-6-38(20)34-26(21)25)17-13-32-29(33-14-17)37-9-7-36(8-10-37)23(40)15-39/h2-6,11,13-14,19,21,28,39H,7-10,12,15H2,1H3. The fraction of sp³-hybridized carbons (Fsp3) is 0.345. The second kappa shape index (κ2) is 10.0. The van der Waals surface area contributed by atoms with Gasteiger partial charge in [0.25, 0.3) is 5.91 Å². The van der Waals surface area contributed by atoms with E-state index in [9.17, 15) is 18.4 Å². The van der Waals surface area contributed by atoms with Gasteiger partial charge >= 0.3 is 6.61 Å². The summed E-state index contributed by atoms with van der Waals surface area (Å²) in [6.45, 7) is -1.40. The van der Waals surface area contributed by atoms with Crippen molar-refractivity contribution in [3.05, 3.63) is 71.3 Å². The molecular formula is C29H27F2N7O4. The smallest absolute Gasteiger partial charge is 0.387 e. The minimum absolute atomic E-state index is 0.00352. The van der Waals surface area contributed by atoms with E-state index in [0.29, 0.717) is 49.7 Å². The summed E-state index contributed by atoms with van der Waals surface area (Å²) in [6, 6.07) is 8.30. The van der Waals surface area contributed by atoms with Gasteiger partial charge in [0.15, 0.2) is 0 Å². The van der Waals surface area contributed by atoms with Gasteiger partial charge in [-0.05, 0) is 36.2 Å². The first-order valence-electron chi connectivity index (χ1n) is 13.7. The number of carbonyl (C=O) groups excluding carboxylic acids is 2. The molecule has 1 fully saturated rings. The molecule has 7 rings (SSSR count). The van der Waals surface area contributed by atoms with Crippen molar-refractivity contribution in [2.24, 2.45) is 0 Å². The molecule has 3 aromatic heterocycles. The molecule has 2 aliphatic heterocycles. The maximum absolute atomic E-state index is 13.4. The Morgan fingerprint density at radius 2 is 1.86 bits per heavy atom. The van der Waals surface area contributed by atoms with Gasteiger partial charge in [-0.3, -0.25) is 9.59 Å². The number of amides is 2. The highest BCUT2D eigenvalue weighted by molar-refractivity contribution is 5.98. The number of rotatable bonds is 5. The summed E-state index contributed by atoms with van der Waals surface area (Å²) >= 11 is 0. The number of carbonyl (C=O) groups is 2. The number of benzene rings is 1. The van der Waals surface area contributed by atoms with Crippen LogP contribution in [0.15, 0.2) is 48.9 Å². The summed E-state index contributed by atoms with van der Waals surface area (Å²) in [4.78, 5) is 39.5. The Hall–Kier alpha value is -4.65. The first-order valence-corrected chi connectivity index (χ1v) is 13.7. The van der Waals surface area contributed by atoms with Gasteiger partial charge in [-0.2, -0.15) is 13.9 Å². The quantitative estimate of drug-likeness (QED) is 0.386. The Labute approximate surface area is 238 Å². The van der Waals surface area contributed by atoms with Gasteiger partial charge in [-0.1, -0.05) is 6.07 Å². The fourth-order valence-electron chi connectivity index (χ4n) is 6.43. The molecule has 4 aromatic rings. The number of alkyl halides is 2. The zero-order valence-electron chi connectivity index (χ0n) is 22.7. The van der Waals surface area contributed by atoms with Crippen molar-refractivity contribution >= 4 is 23.3 Å². The first kappa shape index (κ1) is 26.3. The monoisotopic (exact) mass is 575 g/mol. The Kier molecular flexibility index (Phi) is 6.26. The lowest BCUT2D eigenvalue weighted by Gasteiger charge is -2.34. The lowest BCUT2D eigenvalue weighted by atomic mass is 9.88. The van der Waals surface area contributed by atoms with Crippen molar-refractivity contribution in [1.82, 2.24) is 29.4 Å². The summed E-state index contributed by atoms with van der Waals surface area (Å²) in [6.07, 6.45) is 5.85. The third kappa shape index (κ3) is 4.14. The molecule has 1 aliphatic carbocycles. The number of anilines is 1. The van der Waals surface area contributed by atoms with Gasteiger partial charge in [-0.15, -0.1) is 0 Å². The van der Waals surface area contributed by atoms with Gasteiger partial charge < -0.3 is 24.5 Å². The van der Waals surface area contributed by atoms with E-state index in [1.807, 2.05) is 23.2 Å². The summed E-state index contributed by atoms with van der Waals surface area (Å²) in [5.74, 6) is -0.330. The highest BCUT2D eigenvalue weighted by Gasteiger charge is 2.46. The van der Waals surface area contributed by atoms with Crippen molar-refractivity contribution in [3.63, 3.8) is 0 Å².